The van der Waals surface area contributed by atoms with Gasteiger partial charge in [-0.2, -0.15) is 0 Å². The Morgan fingerprint density at radius 1 is 1.18 bits per heavy atom. The zero-order chi connectivity index (χ0) is 15.7. The zero-order valence-electron chi connectivity index (χ0n) is 12.1. The van der Waals surface area contributed by atoms with Crippen LogP contribution in [0.25, 0.3) is 0 Å². The largest absolute Gasteiger partial charge is 0.311 e. The molecule has 2 aliphatic heterocycles. The molecule has 2 saturated heterocycles. The first-order chi connectivity index (χ1) is 10.4. The van der Waals surface area contributed by atoms with Gasteiger partial charge in [0.15, 0.2) is 0 Å². The van der Waals surface area contributed by atoms with Crippen LogP contribution < -0.4 is 10.0 Å². The van der Waals surface area contributed by atoms with E-state index >= 15 is 0 Å². The van der Waals surface area contributed by atoms with Gasteiger partial charge in [0.05, 0.1) is 10.7 Å². The molecule has 8 heteroatoms. The van der Waals surface area contributed by atoms with E-state index in [9.17, 15) is 18.5 Å². The van der Waals surface area contributed by atoms with Crippen LogP contribution in [-0.2, 0) is 15.8 Å². The number of nitrogens with zero attached hydrogens (tertiary/aromatic N) is 1. The fourth-order valence-corrected chi connectivity index (χ4v) is 4.80. The van der Waals surface area contributed by atoms with E-state index in [-0.39, 0.29) is 17.5 Å². The van der Waals surface area contributed by atoms with Gasteiger partial charge >= 0.3 is 0 Å². The van der Waals surface area contributed by atoms with Crippen LogP contribution in [0.3, 0.4) is 0 Å². The predicted molar refractivity (Wildman–Crippen MR) is 81.8 cm³/mol. The number of sulfonamides is 1. The minimum atomic E-state index is -3.43. The Morgan fingerprint density at radius 3 is 2.32 bits per heavy atom. The Balaban J connectivity index is 1.62. The van der Waals surface area contributed by atoms with Crippen molar-refractivity contribution in [3.05, 3.63) is 39.9 Å². The summed E-state index contributed by atoms with van der Waals surface area (Å²) in [4.78, 5) is 10.1. The highest BCUT2D eigenvalue weighted by atomic mass is 32.2. The Bertz CT molecular complexity index is 647. The second kappa shape index (κ2) is 5.94. The number of rotatable bonds is 5. The molecule has 0 radical (unpaired) electrons. The number of piperidine rings is 1. The highest BCUT2D eigenvalue weighted by Gasteiger charge is 2.35. The predicted octanol–water partition coefficient (Wildman–Crippen LogP) is 1.30. The SMILES string of the molecule is O=[N+]([O-])c1ccc(CS(=O)(=O)NC2CC3CCC(C2)N3)cc1. The van der Waals surface area contributed by atoms with Gasteiger partial charge in [-0.3, -0.25) is 10.1 Å². The van der Waals surface area contributed by atoms with Gasteiger partial charge in [-0.05, 0) is 31.2 Å². The molecule has 2 heterocycles. The topological polar surface area (TPSA) is 101 Å². The number of nitrogens with one attached hydrogen (secondary N) is 2. The molecule has 0 amide bonds. The lowest BCUT2D eigenvalue weighted by Crippen LogP contribution is -2.48. The van der Waals surface area contributed by atoms with Gasteiger partial charge in [-0.25, -0.2) is 13.1 Å². The molecule has 1 aromatic rings. The van der Waals surface area contributed by atoms with Crippen LogP contribution in [0.4, 0.5) is 5.69 Å². The van der Waals surface area contributed by atoms with Crippen LogP contribution in [0.15, 0.2) is 24.3 Å². The van der Waals surface area contributed by atoms with Gasteiger partial charge in [-0.15, -0.1) is 0 Å². The number of nitro benzene ring substituents is 1. The summed E-state index contributed by atoms with van der Waals surface area (Å²) in [5.41, 5.74) is 0.513. The number of non-ortho nitro benzene ring substituents is 1. The van der Waals surface area contributed by atoms with Crippen LogP contribution in [0.2, 0.25) is 0 Å². The van der Waals surface area contributed by atoms with Gasteiger partial charge in [0, 0.05) is 30.3 Å². The molecule has 120 valence electrons. The summed E-state index contributed by atoms with van der Waals surface area (Å²) >= 11 is 0. The molecule has 2 atom stereocenters. The Hall–Kier alpha value is -1.51. The van der Waals surface area contributed by atoms with Gasteiger partial charge < -0.3 is 5.32 Å². The Morgan fingerprint density at radius 2 is 1.77 bits per heavy atom. The van der Waals surface area contributed by atoms with E-state index in [4.69, 9.17) is 0 Å². The van der Waals surface area contributed by atoms with Gasteiger partial charge in [0.1, 0.15) is 0 Å². The fraction of sp³-hybridized carbons (Fsp3) is 0.571. The molecule has 3 rings (SSSR count). The molecular weight excluding hydrogens is 306 g/mol. The molecule has 2 N–H and O–H groups in total. The summed E-state index contributed by atoms with van der Waals surface area (Å²) < 4.78 is 27.3. The van der Waals surface area contributed by atoms with E-state index < -0.39 is 14.9 Å². The smallest absolute Gasteiger partial charge is 0.269 e. The highest BCUT2D eigenvalue weighted by Crippen LogP contribution is 2.27. The van der Waals surface area contributed by atoms with Gasteiger partial charge in [-0.1, -0.05) is 12.1 Å². The molecule has 22 heavy (non-hydrogen) atoms. The lowest BCUT2D eigenvalue weighted by atomic mass is 10.0. The van der Waals surface area contributed by atoms with Crippen molar-refractivity contribution in [2.24, 2.45) is 0 Å². The zero-order valence-corrected chi connectivity index (χ0v) is 12.9. The first kappa shape index (κ1) is 15.4. The molecule has 2 fully saturated rings. The summed E-state index contributed by atoms with van der Waals surface area (Å²) in [7, 11) is -3.43. The summed E-state index contributed by atoms with van der Waals surface area (Å²) in [6, 6.07) is 6.47. The quantitative estimate of drug-likeness (QED) is 0.627. The minimum Gasteiger partial charge on any atom is -0.311 e. The standard InChI is InChI=1S/C14H19N3O4S/c18-17(19)14-5-1-10(2-6-14)9-22(20,21)16-13-7-11-3-4-12(8-13)15-11/h1-2,5-6,11-13,15-16H,3-4,7-9H2. The van der Waals surface area contributed by atoms with Crippen molar-refractivity contribution in [2.45, 2.75) is 49.6 Å². The van der Waals surface area contributed by atoms with Crippen molar-refractivity contribution in [3.8, 4) is 0 Å². The van der Waals surface area contributed by atoms with Crippen molar-refractivity contribution in [1.29, 1.82) is 0 Å². The van der Waals surface area contributed by atoms with Crippen LogP contribution in [0.1, 0.15) is 31.2 Å². The van der Waals surface area contributed by atoms with Crippen LogP contribution >= 0.6 is 0 Å². The average Bonchev–Trinajstić information content (AvgIpc) is 2.77. The summed E-state index contributed by atoms with van der Waals surface area (Å²) in [5, 5.41) is 14.1. The number of nitro groups is 1. The van der Waals surface area contributed by atoms with Crippen LogP contribution in [-0.4, -0.2) is 31.5 Å². The highest BCUT2D eigenvalue weighted by molar-refractivity contribution is 7.88. The van der Waals surface area contributed by atoms with E-state index in [1.165, 1.54) is 24.3 Å². The fourth-order valence-electron chi connectivity index (χ4n) is 3.38. The summed E-state index contributed by atoms with van der Waals surface area (Å²) in [6.45, 7) is 0. The van der Waals surface area contributed by atoms with Gasteiger partial charge in [0.25, 0.3) is 5.69 Å². The van der Waals surface area contributed by atoms with E-state index in [0.717, 1.165) is 25.7 Å². The van der Waals surface area contributed by atoms with Crippen molar-refractivity contribution in [2.75, 3.05) is 0 Å². The summed E-state index contributed by atoms with van der Waals surface area (Å²) in [6.07, 6.45) is 3.89. The molecule has 0 spiro atoms. The third-order valence-electron chi connectivity index (χ3n) is 4.32. The van der Waals surface area contributed by atoms with Crippen LogP contribution in [0.5, 0.6) is 0 Å². The molecule has 0 saturated carbocycles. The molecule has 1 aromatic carbocycles. The van der Waals surface area contributed by atoms with Crippen molar-refractivity contribution in [1.82, 2.24) is 10.0 Å². The molecule has 0 aliphatic carbocycles. The average molecular weight is 325 g/mol. The monoisotopic (exact) mass is 325 g/mol. The van der Waals surface area contributed by atoms with Gasteiger partial charge in [0.2, 0.25) is 10.0 Å². The number of hydrogen-bond acceptors (Lipinski definition) is 5. The second-order valence-corrected chi connectivity index (χ2v) is 7.86. The maximum Gasteiger partial charge on any atom is 0.269 e. The lowest BCUT2D eigenvalue weighted by molar-refractivity contribution is -0.384. The first-order valence-electron chi connectivity index (χ1n) is 7.41. The Kier molecular flexibility index (Phi) is 4.16. The Labute approximate surface area is 129 Å². The normalized spacial score (nSPS) is 27.7. The molecular formula is C14H19N3O4S. The molecule has 2 unspecified atom stereocenters. The van der Waals surface area contributed by atoms with E-state index in [2.05, 4.69) is 10.0 Å². The van der Waals surface area contributed by atoms with E-state index in [0.29, 0.717) is 17.6 Å². The van der Waals surface area contributed by atoms with Crippen molar-refractivity contribution < 1.29 is 13.3 Å². The van der Waals surface area contributed by atoms with E-state index in [1.54, 1.807) is 0 Å². The van der Waals surface area contributed by atoms with E-state index in [1.807, 2.05) is 0 Å². The molecule has 7 nitrogen and oxygen atoms in total. The third-order valence-corrected chi connectivity index (χ3v) is 5.73. The third kappa shape index (κ3) is 3.63. The second-order valence-electron chi connectivity index (χ2n) is 6.11. The maximum atomic E-state index is 12.3. The molecule has 0 aromatic heterocycles. The molecule has 2 aliphatic rings. The lowest BCUT2D eigenvalue weighted by Gasteiger charge is -2.29. The van der Waals surface area contributed by atoms with Crippen molar-refractivity contribution >= 4 is 15.7 Å². The maximum absolute atomic E-state index is 12.3. The number of benzene rings is 1. The summed E-state index contributed by atoms with van der Waals surface area (Å²) in [5.74, 6) is -0.149. The van der Waals surface area contributed by atoms with Crippen LogP contribution in [0, 0.1) is 10.1 Å². The number of fused-ring (bicyclic) bond motifs is 2. The molecule has 2 bridgehead atoms. The number of hydrogen-bond donors (Lipinski definition) is 2. The van der Waals surface area contributed by atoms with Crippen molar-refractivity contribution in [3.63, 3.8) is 0 Å². The first-order valence-corrected chi connectivity index (χ1v) is 9.06. The minimum absolute atomic E-state index is 0.0122.